The van der Waals surface area contributed by atoms with Crippen molar-refractivity contribution in [3.8, 4) is 22.3 Å². The van der Waals surface area contributed by atoms with Gasteiger partial charge in [0.2, 0.25) is 0 Å². The highest BCUT2D eigenvalue weighted by atomic mass is 14.5. The van der Waals surface area contributed by atoms with Crippen molar-refractivity contribution >= 4 is 5.69 Å². The van der Waals surface area contributed by atoms with Crippen LogP contribution in [0.15, 0.2) is 66.7 Å². The highest BCUT2D eigenvalue weighted by Crippen LogP contribution is 2.49. The van der Waals surface area contributed by atoms with Gasteiger partial charge in [-0.25, -0.2) is 0 Å². The van der Waals surface area contributed by atoms with Crippen LogP contribution >= 0.6 is 0 Å². The molecule has 4 rings (SSSR count). The molecule has 108 valence electrons. The summed E-state index contributed by atoms with van der Waals surface area (Å²) in [6, 6.07) is 23.6. The lowest BCUT2D eigenvalue weighted by atomic mass is 9.82. The van der Waals surface area contributed by atoms with Crippen molar-refractivity contribution in [3.63, 3.8) is 0 Å². The highest BCUT2D eigenvalue weighted by Gasteiger charge is 2.34. The van der Waals surface area contributed by atoms with Gasteiger partial charge >= 0.3 is 0 Å². The molecule has 2 N–H and O–H groups in total. The average molecular weight is 285 g/mol. The van der Waals surface area contributed by atoms with Crippen LogP contribution in [0.5, 0.6) is 0 Å². The Morgan fingerprint density at radius 3 is 2.23 bits per heavy atom. The summed E-state index contributed by atoms with van der Waals surface area (Å²) < 4.78 is 0. The first kappa shape index (κ1) is 13.1. The second-order valence-corrected chi connectivity index (χ2v) is 6.56. The third-order valence-electron chi connectivity index (χ3n) is 4.80. The summed E-state index contributed by atoms with van der Waals surface area (Å²) >= 11 is 0. The van der Waals surface area contributed by atoms with E-state index in [0.29, 0.717) is 0 Å². The first-order chi connectivity index (χ1) is 10.6. The van der Waals surface area contributed by atoms with Crippen LogP contribution in [0.25, 0.3) is 22.3 Å². The predicted octanol–water partition coefficient (Wildman–Crippen LogP) is 5.24. The van der Waals surface area contributed by atoms with Gasteiger partial charge in [0.1, 0.15) is 0 Å². The molecule has 22 heavy (non-hydrogen) atoms. The number of benzene rings is 3. The molecule has 1 heteroatoms. The Morgan fingerprint density at radius 1 is 0.682 bits per heavy atom. The van der Waals surface area contributed by atoms with E-state index in [1.165, 1.54) is 33.4 Å². The molecular formula is C21H19N. The molecule has 1 aliphatic rings. The van der Waals surface area contributed by atoms with Gasteiger partial charge in [0, 0.05) is 11.1 Å². The van der Waals surface area contributed by atoms with E-state index in [-0.39, 0.29) is 5.41 Å². The molecule has 0 radical (unpaired) electrons. The number of fused-ring (bicyclic) bond motifs is 3. The van der Waals surface area contributed by atoms with Crippen LogP contribution in [0.4, 0.5) is 5.69 Å². The van der Waals surface area contributed by atoms with Crippen molar-refractivity contribution < 1.29 is 0 Å². The first-order valence-corrected chi connectivity index (χ1v) is 7.68. The molecule has 0 bridgehead atoms. The highest BCUT2D eigenvalue weighted by molar-refractivity contribution is 5.84. The molecule has 3 aromatic carbocycles. The molecule has 0 unspecified atom stereocenters. The lowest BCUT2D eigenvalue weighted by molar-refractivity contribution is 0.660. The molecule has 0 spiro atoms. The minimum Gasteiger partial charge on any atom is -0.399 e. The first-order valence-electron chi connectivity index (χ1n) is 7.68. The second-order valence-electron chi connectivity index (χ2n) is 6.56. The monoisotopic (exact) mass is 285 g/mol. The molecule has 1 nitrogen and oxygen atoms in total. The van der Waals surface area contributed by atoms with Crippen LogP contribution in [0, 0.1) is 0 Å². The van der Waals surface area contributed by atoms with Crippen molar-refractivity contribution in [2.45, 2.75) is 19.3 Å². The lowest BCUT2D eigenvalue weighted by Gasteiger charge is -2.21. The molecule has 0 aliphatic heterocycles. The smallest absolute Gasteiger partial charge is 0.0320 e. The third kappa shape index (κ3) is 1.79. The van der Waals surface area contributed by atoms with Crippen LogP contribution in [0.2, 0.25) is 0 Å². The predicted molar refractivity (Wildman–Crippen MR) is 93.9 cm³/mol. The molecule has 0 fully saturated rings. The minimum atomic E-state index is 0.0696. The molecule has 0 atom stereocenters. The van der Waals surface area contributed by atoms with Crippen molar-refractivity contribution in [1.82, 2.24) is 0 Å². The SMILES string of the molecule is CC1(C)c2ccccc2-c2cc(-c3cccc(N)c3)ccc21. The number of nitrogen functional groups attached to an aromatic ring is 1. The fourth-order valence-electron chi connectivity index (χ4n) is 3.62. The van der Waals surface area contributed by atoms with Crippen LogP contribution in [-0.4, -0.2) is 0 Å². The van der Waals surface area contributed by atoms with Crippen LogP contribution < -0.4 is 5.73 Å². The quantitative estimate of drug-likeness (QED) is 0.608. The number of hydrogen-bond acceptors (Lipinski definition) is 1. The Kier molecular flexibility index (Phi) is 2.67. The normalized spacial score (nSPS) is 14.5. The topological polar surface area (TPSA) is 26.0 Å². The van der Waals surface area contributed by atoms with Gasteiger partial charge in [-0.3, -0.25) is 0 Å². The van der Waals surface area contributed by atoms with Gasteiger partial charge in [-0.15, -0.1) is 0 Å². The summed E-state index contributed by atoms with van der Waals surface area (Å²) in [6.45, 7) is 4.61. The van der Waals surface area contributed by atoms with E-state index < -0.39 is 0 Å². The largest absolute Gasteiger partial charge is 0.399 e. The van der Waals surface area contributed by atoms with E-state index in [4.69, 9.17) is 5.73 Å². The molecule has 3 aromatic rings. The lowest BCUT2D eigenvalue weighted by Crippen LogP contribution is -2.14. The molecule has 1 aliphatic carbocycles. The molecule has 0 aromatic heterocycles. The Balaban J connectivity index is 1.94. The average Bonchev–Trinajstić information content (AvgIpc) is 2.76. The zero-order chi connectivity index (χ0) is 15.3. The van der Waals surface area contributed by atoms with Crippen molar-refractivity contribution in [2.75, 3.05) is 5.73 Å². The third-order valence-corrected chi connectivity index (χ3v) is 4.80. The van der Waals surface area contributed by atoms with Gasteiger partial charge in [-0.05, 0) is 51.6 Å². The van der Waals surface area contributed by atoms with Gasteiger partial charge < -0.3 is 5.73 Å². The standard InChI is InChI=1S/C21H19N/c1-21(2)19-9-4-3-8-17(19)18-13-15(10-11-20(18)21)14-6-5-7-16(22)12-14/h3-13H,22H2,1-2H3. The number of hydrogen-bond donors (Lipinski definition) is 1. The van der Waals surface area contributed by atoms with E-state index in [1.54, 1.807) is 0 Å². The summed E-state index contributed by atoms with van der Waals surface area (Å²) in [5, 5.41) is 0. The van der Waals surface area contributed by atoms with Gasteiger partial charge in [0.05, 0.1) is 0 Å². The zero-order valence-electron chi connectivity index (χ0n) is 12.9. The van der Waals surface area contributed by atoms with E-state index in [0.717, 1.165) is 5.69 Å². The molecule has 0 heterocycles. The van der Waals surface area contributed by atoms with Crippen LogP contribution in [0.3, 0.4) is 0 Å². The van der Waals surface area contributed by atoms with Gasteiger partial charge in [-0.1, -0.05) is 62.4 Å². The summed E-state index contributed by atoms with van der Waals surface area (Å²) in [7, 11) is 0. The maximum absolute atomic E-state index is 5.93. The Bertz CT molecular complexity index is 875. The molecule has 0 amide bonds. The maximum atomic E-state index is 5.93. The van der Waals surface area contributed by atoms with E-state index in [1.807, 2.05) is 18.2 Å². The van der Waals surface area contributed by atoms with Gasteiger partial charge in [0.25, 0.3) is 0 Å². The number of nitrogens with two attached hydrogens (primary N) is 1. The van der Waals surface area contributed by atoms with E-state index in [2.05, 4.69) is 62.4 Å². The summed E-state index contributed by atoms with van der Waals surface area (Å²) in [5.74, 6) is 0. The van der Waals surface area contributed by atoms with Crippen molar-refractivity contribution in [2.24, 2.45) is 0 Å². The van der Waals surface area contributed by atoms with E-state index in [9.17, 15) is 0 Å². The summed E-state index contributed by atoms with van der Waals surface area (Å²) in [6.07, 6.45) is 0. The molecular weight excluding hydrogens is 266 g/mol. The fraction of sp³-hybridized carbons (Fsp3) is 0.143. The minimum absolute atomic E-state index is 0.0696. The molecule has 0 saturated carbocycles. The van der Waals surface area contributed by atoms with Gasteiger partial charge in [0.15, 0.2) is 0 Å². The maximum Gasteiger partial charge on any atom is 0.0320 e. The van der Waals surface area contributed by atoms with Crippen LogP contribution in [0.1, 0.15) is 25.0 Å². The summed E-state index contributed by atoms with van der Waals surface area (Å²) in [4.78, 5) is 0. The van der Waals surface area contributed by atoms with E-state index >= 15 is 0 Å². The van der Waals surface area contributed by atoms with Crippen molar-refractivity contribution in [1.29, 1.82) is 0 Å². The number of anilines is 1. The molecule has 0 saturated heterocycles. The second kappa shape index (κ2) is 4.48. The van der Waals surface area contributed by atoms with Crippen molar-refractivity contribution in [3.05, 3.63) is 77.9 Å². The fourth-order valence-corrected chi connectivity index (χ4v) is 3.62. The zero-order valence-corrected chi connectivity index (χ0v) is 12.9. The number of rotatable bonds is 1. The Hall–Kier alpha value is -2.54. The van der Waals surface area contributed by atoms with Crippen LogP contribution in [-0.2, 0) is 5.41 Å². The Labute approximate surface area is 131 Å². The Morgan fingerprint density at radius 2 is 1.41 bits per heavy atom. The van der Waals surface area contributed by atoms with Gasteiger partial charge in [-0.2, -0.15) is 0 Å². The summed E-state index contributed by atoms with van der Waals surface area (Å²) in [5.41, 5.74) is 14.7.